The fraction of sp³-hybridized carbons (Fsp3) is 0.417. The highest BCUT2D eigenvalue weighted by atomic mass is 32.1. The van der Waals surface area contributed by atoms with Crippen LogP contribution in [-0.4, -0.2) is 59.3 Å². The second kappa shape index (κ2) is 6.24. The number of nitrogens with zero attached hydrogens (tertiary/aromatic N) is 3. The minimum Gasteiger partial charge on any atom is -0.468 e. The molecule has 2 aliphatic rings. The van der Waals surface area contributed by atoms with Crippen molar-refractivity contribution in [1.29, 1.82) is 0 Å². The highest BCUT2D eigenvalue weighted by Gasteiger charge is 2.47. The number of esters is 1. The normalized spacial score (nSPS) is 21.0. The molecule has 0 N–H and O–H groups in total. The monoisotopic (exact) mass is 357 g/mol. The molecule has 1 aromatic rings. The van der Waals surface area contributed by atoms with Crippen LogP contribution in [0.1, 0.15) is 27.1 Å². The molecule has 0 spiro atoms. The summed E-state index contributed by atoms with van der Waals surface area (Å²) in [6.07, 6.45) is -0.864. The highest BCUT2D eigenvalue weighted by molar-refractivity contribution is 7.14. The molecule has 24 heavy (non-hydrogen) atoms. The maximum Gasteiger partial charge on any atom is 0.337 e. The average Bonchev–Trinajstić information content (AvgIpc) is 3.09. The van der Waals surface area contributed by atoms with Crippen LogP contribution in [0.15, 0.2) is 5.38 Å². The van der Waals surface area contributed by atoms with Gasteiger partial charge in [0.15, 0.2) is 6.23 Å². The Morgan fingerprint density at radius 1 is 1.50 bits per heavy atom. The van der Waals surface area contributed by atoms with Crippen molar-refractivity contribution in [3.63, 3.8) is 0 Å². The number of nitro groups is 1. The molecule has 1 fully saturated rings. The Kier molecular flexibility index (Phi) is 4.28. The molecule has 0 aromatic carbocycles. The summed E-state index contributed by atoms with van der Waals surface area (Å²) >= 11 is 0.724. The Labute approximate surface area is 138 Å². The van der Waals surface area contributed by atoms with E-state index in [1.165, 1.54) is 12.5 Å². The molecule has 1 atom stereocenters. The molecule has 0 saturated carbocycles. The maximum absolute atomic E-state index is 12.5. The van der Waals surface area contributed by atoms with E-state index in [4.69, 9.17) is 9.68 Å². The van der Waals surface area contributed by atoms with Gasteiger partial charge < -0.3 is 4.74 Å². The first-order chi connectivity index (χ1) is 11.4. The van der Waals surface area contributed by atoms with E-state index in [1.807, 2.05) is 0 Å². The van der Waals surface area contributed by atoms with Crippen LogP contribution in [0.2, 0.25) is 0 Å². The smallest absolute Gasteiger partial charge is 0.337 e. The van der Waals surface area contributed by atoms with E-state index in [2.05, 4.69) is 4.74 Å². The van der Waals surface area contributed by atoms with Gasteiger partial charge in [-0.25, -0.2) is 9.74 Å². The summed E-state index contributed by atoms with van der Waals surface area (Å²) in [6.45, 7) is -0.266. The van der Waals surface area contributed by atoms with Crippen LogP contribution in [0, 0.1) is 10.1 Å². The number of rotatable bonds is 4. The molecule has 2 aliphatic heterocycles. The number of carbonyl (C=O) groups is 3. The Morgan fingerprint density at radius 2 is 2.25 bits per heavy atom. The van der Waals surface area contributed by atoms with Crippen LogP contribution in [-0.2, 0) is 19.2 Å². The van der Waals surface area contributed by atoms with Crippen molar-refractivity contribution in [2.24, 2.45) is 0 Å². The third kappa shape index (κ3) is 2.65. The van der Waals surface area contributed by atoms with Gasteiger partial charge in [-0.15, -0.1) is 0 Å². The average molecular weight is 357 g/mol. The first kappa shape index (κ1) is 16.4. The zero-order valence-corrected chi connectivity index (χ0v) is 13.1. The molecule has 3 heterocycles. The molecule has 1 aromatic heterocycles. The SMILES string of the molecule is COC(=O)CN1OCCC(N2C(=O)c3csc([N+](=O)[O-])c3C2=O)O1. The van der Waals surface area contributed by atoms with E-state index in [1.54, 1.807) is 0 Å². The third-order valence-electron chi connectivity index (χ3n) is 3.43. The second-order valence-corrected chi connectivity index (χ2v) is 5.67. The fourth-order valence-electron chi connectivity index (χ4n) is 2.35. The lowest BCUT2D eigenvalue weighted by Gasteiger charge is -2.34. The van der Waals surface area contributed by atoms with Crippen molar-refractivity contribution in [2.75, 3.05) is 20.3 Å². The van der Waals surface area contributed by atoms with Crippen molar-refractivity contribution in [3.05, 3.63) is 26.6 Å². The van der Waals surface area contributed by atoms with Crippen LogP contribution < -0.4 is 0 Å². The zero-order valence-electron chi connectivity index (χ0n) is 12.3. The van der Waals surface area contributed by atoms with Crippen LogP contribution in [0.5, 0.6) is 0 Å². The maximum atomic E-state index is 12.5. The predicted octanol–water partition coefficient (Wildman–Crippen LogP) is 0.320. The standard InChI is InChI=1S/C12H11N3O8S/c1-21-8(16)4-13-22-3-2-7(23-13)14-10(17)6-5-24-12(15(19)20)9(6)11(14)18/h5,7H,2-4H2,1H3. The van der Waals surface area contributed by atoms with Crippen molar-refractivity contribution in [1.82, 2.24) is 10.1 Å². The minimum absolute atomic E-state index is 0.0219. The molecule has 0 radical (unpaired) electrons. The molecule has 11 nitrogen and oxygen atoms in total. The van der Waals surface area contributed by atoms with Crippen LogP contribution in [0.3, 0.4) is 0 Å². The molecule has 1 unspecified atom stereocenters. The van der Waals surface area contributed by atoms with Crippen molar-refractivity contribution < 1.29 is 33.7 Å². The van der Waals surface area contributed by atoms with Crippen molar-refractivity contribution >= 4 is 34.1 Å². The number of thiophene rings is 1. The quantitative estimate of drug-likeness (QED) is 0.324. The molecule has 12 heteroatoms. The molecule has 2 amide bonds. The molecule has 0 aliphatic carbocycles. The summed E-state index contributed by atoms with van der Waals surface area (Å²) in [6, 6.07) is 0. The Balaban J connectivity index is 1.80. The van der Waals surface area contributed by atoms with E-state index in [0.717, 1.165) is 21.5 Å². The first-order valence-corrected chi connectivity index (χ1v) is 7.59. The van der Waals surface area contributed by atoms with Crippen molar-refractivity contribution in [2.45, 2.75) is 12.6 Å². The topological polar surface area (TPSA) is 129 Å². The molecule has 0 bridgehead atoms. The van der Waals surface area contributed by atoms with Gasteiger partial charge in [-0.05, 0) is 0 Å². The molecule has 3 rings (SSSR count). The number of carbonyl (C=O) groups excluding carboxylic acids is 3. The van der Waals surface area contributed by atoms with Gasteiger partial charge in [0.2, 0.25) is 0 Å². The lowest BCUT2D eigenvalue weighted by Crippen LogP contribution is -2.50. The molecular formula is C12H11N3O8S. The Bertz CT molecular complexity index is 732. The lowest BCUT2D eigenvalue weighted by molar-refractivity contribution is -0.420. The predicted molar refractivity (Wildman–Crippen MR) is 75.6 cm³/mol. The van der Waals surface area contributed by atoms with Gasteiger partial charge in [0.25, 0.3) is 11.8 Å². The highest BCUT2D eigenvalue weighted by Crippen LogP contribution is 2.38. The molecular weight excluding hydrogens is 346 g/mol. The van der Waals surface area contributed by atoms with Gasteiger partial charge in [0.05, 0.1) is 24.2 Å². The third-order valence-corrected chi connectivity index (χ3v) is 4.36. The number of methoxy groups -OCH3 is 1. The van der Waals surface area contributed by atoms with Gasteiger partial charge in [-0.2, -0.15) is 0 Å². The summed E-state index contributed by atoms with van der Waals surface area (Å²) in [7, 11) is 1.19. The summed E-state index contributed by atoms with van der Waals surface area (Å²) < 4.78 is 4.47. The van der Waals surface area contributed by atoms with Gasteiger partial charge >= 0.3 is 11.0 Å². The van der Waals surface area contributed by atoms with Crippen LogP contribution in [0.25, 0.3) is 0 Å². The van der Waals surface area contributed by atoms with E-state index in [-0.39, 0.29) is 35.7 Å². The van der Waals surface area contributed by atoms with Gasteiger partial charge in [0.1, 0.15) is 12.1 Å². The minimum atomic E-state index is -1.03. The number of ether oxygens (including phenoxy) is 1. The number of hydroxylamine groups is 2. The van der Waals surface area contributed by atoms with E-state index >= 15 is 0 Å². The van der Waals surface area contributed by atoms with Crippen molar-refractivity contribution in [3.8, 4) is 0 Å². The molecule has 1 saturated heterocycles. The number of hydrogen-bond donors (Lipinski definition) is 0. The summed E-state index contributed by atoms with van der Waals surface area (Å²) in [4.78, 5) is 57.6. The van der Waals surface area contributed by atoms with E-state index in [0.29, 0.717) is 0 Å². The van der Waals surface area contributed by atoms with E-state index in [9.17, 15) is 24.5 Å². The van der Waals surface area contributed by atoms with Gasteiger partial charge in [0, 0.05) is 11.8 Å². The van der Waals surface area contributed by atoms with Crippen LogP contribution in [0.4, 0.5) is 5.00 Å². The number of fused-ring (bicyclic) bond motifs is 1. The Hall–Kier alpha value is -2.41. The number of amides is 2. The lowest BCUT2D eigenvalue weighted by atomic mass is 10.2. The number of imide groups is 1. The largest absolute Gasteiger partial charge is 0.468 e. The van der Waals surface area contributed by atoms with Gasteiger partial charge in [-0.3, -0.25) is 29.3 Å². The summed E-state index contributed by atoms with van der Waals surface area (Å²) in [5, 5.41) is 12.7. The summed E-state index contributed by atoms with van der Waals surface area (Å²) in [5.74, 6) is -2.11. The molecule has 128 valence electrons. The fourth-order valence-corrected chi connectivity index (χ4v) is 3.20. The number of hydrogen-bond acceptors (Lipinski definition) is 10. The van der Waals surface area contributed by atoms with Crippen LogP contribution >= 0.6 is 11.3 Å². The first-order valence-electron chi connectivity index (χ1n) is 6.71. The zero-order chi connectivity index (χ0) is 17.4. The van der Waals surface area contributed by atoms with Gasteiger partial charge in [-0.1, -0.05) is 16.6 Å². The second-order valence-electron chi connectivity index (χ2n) is 4.82. The summed E-state index contributed by atoms with van der Waals surface area (Å²) in [5.41, 5.74) is -0.254. The van der Waals surface area contributed by atoms with E-state index < -0.39 is 28.9 Å². The Morgan fingerprint density at radius 3 is 2.92 bits per heavy atom.